The molecule has 1 unspecified atom stereocenters. The van der Waals surface area contributed by atoms with Crippen molar-refractivity contribution in [3.8, 4) is 0 Å². The molecule has 2 heterocycles. The summed E-state index contributed by atoms with van der Waals surface area (Å²) >= 11 is 2.07. The highest BCUT2D eigenvalue weighted by atomic mass is 33.1. The van der Waals surface area contributed by atoms with Crippen LogP contribution in [0.5, 0.6) is 0 Å². The van der Waals surface area contributed by atoms with E-state index in [4.69, 9.17) is 0 Å². The van der Waals surface area contributed by atoms with Crippen LogP contribution in [0.15, 0.2) is 0 Å². The monoisotopic (exact) mass is 388 g/mol. The molecule has 0 bridgehead atoms. The van der Waals surface area contributed by atoms with Crippen LogP contribution in [-0.4, -0.2) is 58.5 Å². The SMILES string of the molecule is O=C(CCCCC1CCSS1)NCC1(N2CCSCC2)CCCC1. The fourth-order valence-electron chi connectivity index (χ4n) is 4.25. The van der Waals surface area contributed by atoms with Crippen LogP contribution in [0.3, 0.4) is 0 Å². The second-order valence-electron chi connectivity index (χ2n) is 7.38. The standard InChI is InChI=1S/C18H32N2OS3/c21-17(6-2-1-5-16-7-12-23-24-16)19-15-18(8-3-4-9-18)20-10-13-22-14-11-20/h16H,1-15H2,(H,19,21). The van der Waals surface area contributed by atoms with Gasteiger partial charge in [-0.1, -0.05) is 40.9 Å². The molecule has 3 nitrogen and oxygen atoms in total. The number of carbonyl (C=O) groups excluding carboxylic acids is 1. The first kappa shape index (κ1) is 19.2. The fourth-order valence-corrected chi connectivity index (χ4v) is 8.18. The van der Waals surface area contributed by atoms with Gasteiger partial charge >= 0.3 is 0 Å². The van der Waals surface area contributed by atoms with Crippen LogP contribution in [0, 0.1) is 0 Å². The van der Waals surface area contributed by atoms with E-state index in [2.05, 4.69) is 32.8 Å². The lowest BCUT2D eigenvalue weighted by molar-refractivity contribution is -0.121. The number of hydrogen-bond donors (Lipinski definition) is 1. The molecular formula is C18H32N2OS3. The number of thioether (sulfide) groups is 1. The van der Waals surface area contributed by atoms with Gasteiger partial charge in [0.2, 0.25) is 5.91 Å². The van der Waals surface area contributed by atoms with Crippen LogP contribution in [-0.2, 0) is 4.79 Å². The van der Waals surface area contributed by atoms with E-state index in [1.54, 1.807) is 0 Å². The first-order chi connectivity index (χ1) is 11.8. The van der Waals surface area contributed by atoms with Crippen LogP contribution >= 0.6 is 33.3 Å². The molecule has 0 radical (unpaired) electrons. The molecule has 0 aromatic rings. The highest BCUT2D eigenvalue weighted by Gasteiger charge is 2.40. The Morgan fingerprint density at radius 3 is 2.62 bits per heavy atom. The zero-order valence-corrected chi connectivity index (χ0v) is 17.2. The molecule has 1 aliphatic carbocycles. The second-order valence-corrected chi connectivity index (χ2v) is 11.4. The maximum Gasteiger partial charge on any atom is 0.220 e. The summed E-state index contributed by atoms with van der Waals surface area (Å²) in [6, 6.07) is 0. The minimum absolute atomic E-state index is 0.272. The lowest BCUT2D eigenvalue weighted by Crippen LogP contribution is -2.56. The van der Waals surface area contributed by atoms with Gasteiger partial charge in [0.1, 0.15) is 0 Å². The third-order valence-electron chi connectivity index (χ3n) is 5.74. The average Bonchev–Trinajstić information content (AvgIpc) is 3.30. The van der Waals surface area contributed by atoms with Gasteiger partial charge in [0, 0.05) is 54.1 Å². The van der Waals surface area contributed by atoms with Crippen molar-refractivity contribution in [1.29, 1.82) is 0 Å². The molecule has 1 amide bonds. The highest BCUT2D eigenvalue weighted by molar-refractivity contribution is 8.77. The molecule has 2 saturated heterocycles. The maximum atomic E-state index is 12.3. The van der Waals surface area contributed by atoms with Gasteiger partial charge < -0.3 is 5.32 Å². The van der Waals surface area contributed by atoms with E-state index < -0.39 is 0 Å². The predicted molar refractivity (Wildman–Crippen MR) is 110 cm³/mol. The predicted octanol–water partition coefficient (Wildman–Crippen LogP) is 4.18. The van der Waals surface area contributed by atoms with E-state index in [9.17, 15) is 4.79 Å². The Morgan fingerprint density at radius 1 is 1.12 bits per heavy atom. The van der Waals surface area contributed by atoms with Gasteiger partial charge in [-0.05, 0) is 32.1 Å². The summed E-state index contributed by atoms with van der Waals surface area (Å²) in [4.78, 5) is 15.0. The van der Waals surface area contributed by atoms with E-state index in [0.29, 0.717) is 0 Å². The molecule has 24 heavy (non-hydrogen) atoms. The van der Waals surface area contributed by atoms with Crippen molar-refractivity contribution in [3.63, 3.8) is 0 Å². The summed E-state index contributed by atoms with van der Waals surface area (Å²) in [6.45, 7) is 3.29. The van der Waals surface area contributed by atoms with Crippen molar-refractivity contribution in [3.05, 3.63) is 0 Å². The smallest absolute Gasteiger partial charge is 0.220 e. The number of nitrogens with zero attached hydrogens (tertiary/aromatic N) is 1. The number of nitrogens with one attached hydrogen (secondary N) is 1. The van der Waals surface area contributed by atoms with Crippen molar-refractivity contribution in [2.75, 3.05) is 36.9 Å². The van der Waals surface area contributed by atoms with Gasteiger partial charge in [-0.15, -0.1) is 0 Å². The first-order valence-electron chi connectivity index (χ1n) is 9.66. The number of amides is 1. The average molecular weight is 389 g/mol. The minimum atomic E-state index is 0.272. The lowest BCUT2D eigenvalue weighted by Gasteiger charge is -2.43. The Kier molecular flexibility index (Phi) is 8.00. The van der Waals surface area contributed by atoms with E-state index in [-0.39, 0.29) is 11.4 Å². The van der Waals surface area contributed by atoms with Gasteiger partial charge in [0.15, 0.2) is 0 Å². The van der Waals surface area contributed by atoms with Gasteiger partial charge in [-0.2, -0.15) is 11.8 Å². The summed E-state index contributed by atoms with van der Waals surface area (Å²) in [7, 11) is 4.07. The largest absolute Gasteiger partial charge is 0.354 e. The third kappa shape index (κ3) is 5.49. The van der Waals surface area contributed by atoms with Gasteiger partial charge in [0.25, 0.3) is 0 Å². The first-order valence-corrected chi connectivity index (χ1v) is 13.2. The number of rotatable bonds is 8. The van der Waals surface area contributed by atoms with Crippen molar-refractivity contribution in [1.82, 2.24) is 10.2 Å². The van der Waals surface area contributed by atoms with Crippen LogP contribution in [0.2, 0.25) is 0 Å². The second kappa shape index (κ2) is 9.98. The number of carbonyl (C=O) groups is 1. The quantitative estimate of drug-likeness (QED) is 0.498. The Balaban J connectivity index is 1.35. The summed E-state index contributed by atoms with van der Waals surface area (Å²) in [6.07, 6.45) is 10.8. The van der Waals surface area contributed by atoms with Crippen LogP contribution < -0.4 is 5.32 Å². The Hall–Kier alpha value is 0.480. The van der Waals surface area contributed by atoms with E-state index in [1.807, 2.05) is 10.8 Å². The van der Waals surface area contributed by atoms with Crippen molar-refractivity contribution in [2.24, 2.45) is 0 Å². The number of unbranched alkanes of at least 4 members (excludes halogenated alkanes) is 1. The Bertz CT molecular complexity index is 390. The molecule has 3 fully saturated rings. The normalized spacial score (nSPS) is 27.4. The molecule has 6 heteroatoms. The molecule has 0 aromatic carbocycles. The van der Waals surface area contributed by atoms with Crippen LogP contribution in [0.25, 0.3) is 0 Å². The molecule has 3 aliphatic rings. The number of hydrogen-bond acceptors (Lipinski definition) is 5. The van der Waals surface area contributed by atoms with Crippen LogP contribution in [0.4, 0.5) is 0 Å². The summed E-state index contributed by atoms with van der Waals surface area (Å²) in [5.41, 5.74) is 0.272. The molecule has 3 rings (SSSR count). The molecular weight excluding hydrogens is 356 g/mol. The molecule has 0 aromatic heterocycles. The third-order valence-corrected chi connectivity index (χ3v) is 9.69. The molecule has 1 N–H and O–H groups in total. The van der Waals surface area contributed by atoms with Crippen molar-refractivity contribution in [2.45, 2.75) is 68.6 Å². The molecule has 1 saturated carbocycles. The topological polar surface area (TPSA) is 32.3 Å². The molecule has 138 valence electrons. The summed E-state index contributed by atoms with van der Waals surface area (Å²) < 4.78 is 0. The highest BCUT2D eigenvalue weighted by Crippen LogP contribution is 2.40. The van der Waals surface area contributed by atoms with Crippen LogP contribution in [0.1, 0.15) is 57.8 Å². The van der Waals surface area contributed by atoms with E-state index in [0.717, 1.165) is 24.6 Å². The van der Waals surface area contributed by atoms with Gasteiger partial charge in [0.05, 0.1) is 0 Å². The zero-order chi connectivity index (χ0) is 16.7. The fraction of sp³-hybridized carbons (Fsp3) is 0.944. The summed E-state index contributed by atoms with van der Waals surface area (Å²) in [5, 5.41) is 4.14. The van der Waals surface area contributed by atoms with Crippen molar-refractivity contribution < 1.29 is 4.79 Å². The lowest BCUT2D eigenvalue weighted by atomic mass is 9.94. The van der Waals surface area contributed by atoms with Gasteiger partial charge in [-0.25, -0.2) is 0 Å². The van der Waals surface area contributed by atoms with Gasteiger partial charge in [-0.3, -0.25) is 9.69 Å². The Labute approximate surface area is 159 Å². The van der Waals surface area contributed by atoms with E-state index in [1.165, 1.54) is 75.3 Å². The minimum Gasteiger partial charge on any atom is -0.354 e. The zero-order valence-electron chi connectivity index (χ0n) is 14.8. The summed E-state index contributed by atoms with van der Waals surface area (Å²) in [5.74, 6) is 4.11. The van der Waals surface area contributed by atoms with E-state index >= 15 is 0 Å². The maximum absolute atomic E-state index is 12.3. The van der Waals surface area contributed by atoms with Crippen molar-refractivity contribution >= 4 is 39.3 Å². The molecule has 2 aliphatic heterocycles. The molecule has 1 atom stereocenters. The Morgan fingerprint density at radius 2 is 1.92 bits per heavy atom. The molecule has 0 spiro atoms.